The molecule has 0 heterocycles. The Morgan fingerprint density at radius 2 is 1.97 bits per heavy atom. The fraction of sp³-hybridized carbons (Fsp3) is 0.632. The highest BCUT2D eigenvalue weighted by Crippen LogP contribution is 2.29. The van der Waals surface area contributed by atoms with Crippen LogP contribution in [0.4, 0.5) is 8.78 Å². The number of guanidine groups is 1. The third kappa shape index (κ3) is 12.0. The van der Waals surface area contributed by atoms with Crippen molar-refractivity contribution in [2.75, 3.05) is 54.1 Å². The normalized spacial score (nSPS) is 11.4. The number of nitrogens with one attached hydrogen (secondary N) is 2. The van der Waals surface area contributed by atoms with E-state index in [1.807, 2.05) is 0 Å². The highest BCUT2D eigenvalue weighted by molar-refractivity contribution is 14.0. The standard InChI is InChI=1S/C19H32F2N4O3.HI/c1-5-27-17-13-15(7-8-16(17)28-18(20)21)14-24-19(22-2)23-9-11-25(3)10-6-12-26-4;/h7-8,13,18H,5-6,9-12,14H2,1-4H3,(H2,22,23,24);1H. The van der Waals surface area contributed by atoms with Gasteiger partial charge in [0, 0.05) is 46.9 Å². The molecule has 0 bridgehead atoms. The van der Waals surface area contributed by atoms with Crippen molar-refractivity contribution < 1.29 is 23.0 Å². The van der Waals surface area contributed by atoms with Crippen molar-refractivity contribution in [3.05, 3.63) is 23.8 Å². The Bertz CT molecular complexity index is 595. The summed E-state index contributed by atoms with van der Waals surface area (Å²) in [5.74, 6) is 0.985. The third-order valence-electron chi connectivity index (χ3n) is 3.88. The van der Waals surface area contributed by atoms with Gasteiger partial charge in [-0.2, -0.15) is 8.78 Å². The maximum atomic E-state index is 12.5. The molecule has 29 heavy (non-hydrogen) atoms. The predicted octanol–water partition coefficient (Wildman–Crippen LogP) is 2.94. The molecule has 0 unspecified atom stereocenters. The summed E-state index contributed by atoms with van der Waals surface area (Å²) in [4.78, 5) is 6.41. The van der Waals surface area contributed by atoms with Crippen LogP contribution in [-0.2, 0) is 11.3 Å². The molecule has 0 aliphatic rings. The number of rotatable bonds is 13. The van der Waals surface area contributed by atoms with Gasteiger partial charge in [-0.05, 0) is 38.1 Å². The highest BCUT2D eigenvalue weighted by Gasteiger charge is 2.12. The van der Waals surface area contributed by atoms with Gasteiger partial charge in [0.25, 0.3) is 0 Å². The molecule has 0 aromatic heterocycles. The van der Waals surface area contributed by atoms with Gasteiger partial charge in [-0.1, -0.05) is 6.07 Å². The van der Waals surface area contributed by atoms with E-state index in [-0.39, 0.29) is 29.7 Å². The zero-order valence-electron chi connectivity index (χ0n) is 17.5. The number of ether oxygens (including phenoxy) is 3. The maximum Gasteiger partial charge on any atom is 0.387 e. The molecule has 1 aromatic carbocycles. The van der Waals surface area contributed by atoms with Crippen molar-refractivity contribution in [2.24, 2.45) is 4.99 Å². The number of halogens is 3. The summed E-state index contributed by atoms with van der Waals surface area (Å²) in [5, 5.41) is 6.45. The van der Waals surface area contributed by atoms with E-state index < -0.39 is 6.61 Å². The van der Waals surface area contributed by atoms with E-state index >= 15 is 0 Å². The van der Waals surface area contributed by atoms with Crippen LogP contribution in [-0.4, -0.2) is 71.5 Å². The van der Waals surface area contributed by atoms with Crippen molar-refractivity contribution in [3.63, 3.8) is 0 Å². The van der Waals surface area contributed by atoms with Gasteiger partial charge in [-0.3, -0.25) is 4.99 Å². The first-order valence-electron chi connectivity index (χ1n) is 9.32. The third-order valence-corrected chi connectivity index (χ3v) is 3.88. The first-order valence-corrected chi connectivity index (χ1v) is 9.32. The zero-order chi connectivity index (χ0) is 20.8. The van der Waals surface area contributed by atoms with E-state index in [9.17, 15) is 8.78 Å². The Kier molecular flexibility index (Phi) is 15.6. The minimum atomic E-state index is -2.89. The summed E-state index contributed by atoms with van der Waals surface area (Å²) >= 11 is 0. The Labute approximate surface area is 189 Å². The number of aliphatic imine (C=N–C) groups is 1. The highest BCUT2D eigenvalue weighted by atomic mass is 127. The average molecular weight is 530 g/mol. The average Bonchev–Trinajstić information content (AvgIpc) is 2.66. The Morgan fingerprint density at radius 1 is 1.21 bits per heavy atom. The second-order valence-corrected chi connectivity index (χ2v) is 6.09. The minimum Gasteiger partial charge on any atom is -0.490 e. The summed E-state index contributed by atoms with van der Waals surface area (Å²) in [7, 11) is 5.46. The van der Waals surface area contributed by atoms with Crippen LogP contribution in [0, 0.1) is 0 Å². The SMILES string of the molecule is CCOc1cc(CNC(=NC)NCCN(C)CCCOC)ccc1OC(F)F.I. The van der Waals surface area contributed by atoms with Crippen LogP contribution in [0.3, 0.4) is 0 Å². The molecule has 0 saturated carbocycles. The molecule has 0 radical (unpaired) electrons. The lowest BCUT2D eigenvalue weighted by atomic mass is 10.2. The molecule has 1 aromatic rings. The van der Waals surface area contributed by atoms with Gasteiger partial charge in [0.15, 0.2) is 17.5 Å². The van der Waals surface area contributed by atoms with Crippen LogP contribution in [0.15, 0.2) is 23.2 Å². The monoisotopic (exact) mass is 530 g/mol. The molecule has 0 spiro atoms. The Balaban J connectivity index is 0.00000784. The lowest BCUT2D eigenvalue weighted by Crippen LogP contribution is -2.40. The van der Waals surface area contributed by atoms with Gasteiger partial charge in [0.1, 0.15) is 0 Å². The number of methoxy groups -OCH3 is 1. The lowest BCUT2D eigenvalue weighted by Gasteiger charge is -2.18. The number of likely N-dealkylation sites (N-methyl/N-ethyl adjacent to an activating group) is 1. The van der Waals surface area contributed by atoms with Crippen LogP contribution in [0.25, 0.3) is 0 Å². The summed E-state index contributed by atoms with van der Waals surface area (Å²) in [6, 6.07) is 4.88. The minimum absolute atomic E-state index is 0. The van der Waals surface area contributed by atoms with Crippen molar-refractivity contribution in [2.45, 2.75) is 26.5 Å². The smallest absolute Gasteiger partial charge is 0.387 e. The van der Waals surface area contributed by atoms with Gasteiger partial charge < -0.3 is 29.7 Å². The molecule has 0 aliphatic carbocycles. The molecule has 10 heteroatoms. The fourth-order valence-corrected chi connectivity index (χ4v) is 2.49. The molecule has 0 saturated heterocycles. The Morgan fingerprint density at radius 3 is 2.59 bits per heavy atom. The van der Waals surface area contributed by atoms with Crippen molar-refractivity contribution in [1.82, 2.24) is 15.5 Å². The van der Waals surface area contributed by atoms with Crippen LogP contribution < -0.4 is 20.1 Å². The number of nitrogens with zero attached hydrogens (tertiary/aromatic N) is 2. The second kappa shape index (κ2) is 16.4. The predicted molar refractivity (Wildman–Crippen MR) is 122 cm³/mol. The van der Waals surface area contributed by atoms with Gasteiger partial charge in [0.05, 0.1) is 6.61 Å². The van der Waals surface area contributed by atoms with Crippen molar-refractivity contribution in [1.29, 1.82) is 0 Å². The molecule has 2 N–H and O–H groups in total. The van der Waals surface area contributed by atoms with Gasteiger partial charge in [-0.15, -0.1) is 24.0 Å². The van der Waals surface area contributed by atoms with Gasteiger partial charge in [-0.25, -0.2) is 0 Å². The molecule has 0 atom stereocenters. The molecule has 0 aliphatic heterocycles. The first kappa shape index (κ1) is 27.6. The number of hydrogen-bond donors (Lipinski definition) is 2. The van der Waals surface area contributed by atoms with E-state index in [1.54, 1.807) is 33.2 Å². The Hall–Kier alpha value is -1.40. The number of benzene rings is 1. The first-order chi connectivity index (χ1) is 13.5. The molecular weight excluding hydrogens is 497 g/mol. The quantitative estimate of drug-likeness (QED) is 0.177. The summed E-state index contributed by atoms with van der Waals surface area (Å²) < 4.78 is 39.9. The summed E-state index contributed by atoms with van der Waals surface area (Å²) in [6.45, 7) is 3.07. The lowest BCUT2D eigenvalue weighted by molar-refractivity contribution is -0.0514. The molecule has 0 fully saturated rings. The molecule has 168 valence electrons. The van der Waals surface area contributed by atoms with Crippen LogP contribution in [0.1, 0.15) is 18.9 Å². The second-order valence-electron chi connectivity index (χ2n) is 6.09. The molecule has 7 nitrogen and oxygen atoms in total. The van der Waals surface area contributed by atoms with E-state index in [0.717, 1.165) is 38.2 Å². The van der Waals surface area contributed by atoms with E-state index in [1.165, 1.54) is 6.07 Å². The molecule has 0 amide bonds. The van der Waals surface area contributed by atoms with Crippen molar-refractivity contribution in [3.8, 4) is 11.5 Å². The van der Waals surface area contributed by atoms with E-state index in [4.69, 9.17) is 9.47 Å². The molecule has 1 rings (SSSR count). The zero-order valence-corrected chi connectivity index (χ0v) is 19.9. The van der Waals surface area contributed by atoms with Gasteiger partial charge in [0.2, 0.25) is 0 Å². The fourth-order valence-electron chi connectivity index (χ4n) is 2.49. The maximum absolute atomic E-state index is 12.5. The van der Waals surface area contributed by atoms with E-state index in [2.05, 4.69) is 32.3 Å². The summed E-state index contributed by atoms with van der Waals surface area (Å²) in [6.07, 6.45) is 0.993. The summed E-state index contributed by atoms with van der Waals surface area (Å²) in [5.41, 5.74) is 0.865. The topological polar surface area (TPSA) is 67.4 Å². The van der Waals surface area contributed by atoms with Crippen LogP contribution >= 0.6 is 24.0 Å². The van der Waals surface area contributed by atoms with E-state index in [0.29, 0.717) is 24.9 Å². The van der Waals surface area contributed by atoms with Crippen LogP contribution in [0.5, 0.6) is 11.5 Å². The number of hydrogen-bond acceptors (Lipinski definition) is 5. The van der Waals surface area contributed by atoms with Gasteiger partial charge >= 0.3 is 6.61 Å². The van der Waals surface area contributed by atoms with Crippen molar-refractivity contribution >= 4 is 29.9 Å². The number of alkyl halides is 2. The van der Waals surface area contributed by atoms with Crippen LogP contribution in [0.2, 0.25) is 0 Å². The largest absolute Gasteiger partial charge is 0.490 e. The molecular formula is C19H33F2IN4O3.